The van der Waals surface area contributed by atoms with E-state index in [0.717, 1.165) is 11.3 Å². The summed E-state index contributed by atoms with van der Waals surface area (Å²) in [6.07, 6.45) is 0.639. The first kappa shape index (κ1) is 24.2. The van der Waals surface area contributed by atoms with Crippen molar-refractivity contribution in [3.05, 3.63) is 65.7 Å². The summed E-state index contributed by atoms with van der Waals surface area (Å²) in [5.41, 5.74) is 1.86. The van der Waals surface area contributed by atoms with Crippen LogP contribution in [-0.2, 0) is 31.8 Å². The Kier molecular flexibility index (Phi) is 8.30. The van der Waals surface area contributed by atoms with E-state index in [2.05, 4.69) is 16.0 Å². The van der Waals surface area contributed by atoms with E-state index >= 15 is 0 Å². The lowest BCUT2D eigenvalue weighted by atomic mass is 9.94. The second-order valence-corrected chi connectivity index (χ2v) is 10.4. The third-order valence-corrected chi connectivity index (χ3v) is 7.30. The number of benzene rings is 2. The predicted molar refractivity (Wildman–Crippen MR) is 125 cm³/mol. The van der Waals surface area contributed by atoms with Gasteiger partial charge in [0.15, 0.2) is 0 Å². The van der Waals surface area contributed by atoms with E-state index < -0.39 is 15.9 Å². The van der Waals surface area contributed by atoms with Crippen LogP contribution in [0.3, 0.4) is 0 Å². The van der Waals surface area contributed by atoms with Crippen molar-refractivity contribution >= 4 is 33.6 Å². The minimum atomic E-state index is -3.72. The molecule has 3 rings (SSSR count). The molecule has 0 spiro atoms. The van der Waals surface area contributed by atoms with E-state index in [9.17, 15) is 18.0 Å². The summed E-state index contributed by atoms with van der Waals surface area (Å²) in [5, 5.41) is 14.2. The largest absolute Gasteiger partial charge is 0.356 e. The monoisotopic (exact) mass is 476 g/mol. The quantitative estimate of drug-likeness (QED) is 0.432. The molecule has 2 aromatic rings. The second kappa shape index (κ2) is 11.0. The fourth-order valence-electron chi connectivity index (χ4n) is 3.44. The zero-order valence-corrected chi connectivity index (χ0v) is 19.4. The summed E-state index contributed by atoms with van der Waals surface area (Å²) in [6.45, 7) is 2.30. The first-order chi connectivity index (χ1) is 15.2. The van der Waals surface area contributed by atoms with Crippen LogP contribution in [0.4, 0.5) is 0 Å². The van der Waals surface area contributed by atoms with Gasteiger partial charge in [0, 0.05) is 24.8 Å². The molecule has 8 nitrogen and oxygen atoms in total. The third-order valence-electron chi connectivity index (χ3n) is 5.28. The third kappa shape index (κ3) is 7.06. The van der Waals surface area contributed by atoms with Crippen LogP contribution in [0.15, 0.2) is 59.5 Å². The van der Waals surface area contributed by atoms with Crippen molar-refractivity contribution in [3.8, 4) is 0 Å². The van der Waals surface area contributed by atoms with Crippen molar-refractivity contribution in [1.82, 2.24) is 16.0 Å². The summed E-state index contributed by atoms with van der Waals surface area (Å²) >= 11 is 1.60. The minimum absolute atomic E-state index is 0.0512. The van der Waals surface area contributed by atoms with Crippen LogP contribution in [0.1, 0.15) is 24.5 Å². The standard InChI is InChI=1S/C22H28N4O4S2/c1-15-19(21(28)26-22(25-15)31-14-17-5-3-2-4-6-17)13-20(27)24-12-11-16-7-9-18(10-8-16)32(23,29)30/h2-10,15,19,22,25H,11-14H2,1H3,(H,24,27)(H,26,28)(H2,23,29,30). The Morgan fingerprint density at radius 3 is 2.41 bits per heavy atom. The van der Waals surface area contributed by atoms with Gasteiger partial charge in [0.05, 0.1) is 10.8 Å². The Balaban J connectivity index is 1.41. The summed E-state index contributed by atoms with van der Waals surface area (Å²) < 4.78 is 22.6. The molecule has 0 aliphatic carbocycles. The molecule has 32 heavy (non-hydrogen) atoms. The molecule has 1 aliphatic heterocycles. The minimum Gasteiger partial charge on any atom is -0.356 e. The Morgan fingerprint density at radius 1 is 1.09 bits per heavy atom. The Morgan fingerprint density at radius 2 is 1.78 bits per heavy atom. The normalized spacial score (nSPS) is 21.1. The molecule has 1 aliphatic rings. The molecule has 2 amide bonds. The Hall–Kier alpha value is -2.40. The molecule has 10 heteroatoms. The average molecular weight is 477 g/mol. The molecule has 172 valence electrons. The molecule has 3 atom stereocenters. The van der Waals surface area contributed by atoms with Crippen molar-refractivity contribution in [2.75, 3.05) is 6.54 Å². The van der Waals surface area contributed by atoms with Gasteiger partial charge >= 0.3 is 0 Å². The van der Waals surface area contributed by atoms with Crippen molar-refractivity contribution < 1.29 is 18.0 Å². The summed E-state index contributed by atoms with van der Waals surface area (Å²) in [6, 6.07) is 16.1. The number of nitrogens with one attached hydrogen (secondary N) is 3. The van der Waals surface area contributed by atoms with E-state index in [4.69, 9.17) is 5.14 Å². The number of carbonyl (C=O) groups is 2. The molecule has 1 heterocycles. The van der Waals surface area contributed by atoms with Crippen molar-refractivity contribution in [3.63, 3.8) is 0 Å². The number of nitrogens with two attached hydrogens (primary N) is 1. The first-order valence-electron chi connectivity index (χ1n) is 10.3. The lowest BCUT2D eigenvalue weighted by molar-refractivity contribution is -0.133. The van der Waals surface area contributed by atoms with E-state index in [-0.39, 0.29) is 34.7 Å². The molecule has 0 radical (unpaired) electrons. The van der Waals surface area contributed by atoms with E-state index in [1.807, 2.05) is 37.3 Å². The number of carbonyl (C=O) groups excluding carboxylic acids is 2. The smallest absolute Gasteiger partial charge is 0.238 e. The number of primary sulfonamides is 1. The van der Waals surface area contributed by atoms with Crippen molar-refractivity contribution in [2.45, 2.75) is 42.0 Å². The molecule has 1 fully saturated rings. The van der Waals surface area contributed by atoms with Gasteiger partial charge in [-0.15, -0.1) is 11.8 Å². The summed E-state index contributed by atoms with van der Waals surface area (Å²) in [5.74, 6) is -0.00186. The van der Waals surface area contributed by atoms with Crippen LogP contribution in [-0.4, -0.2) is 38.3 Å². The summed E-state index contributed by atoms with van der Waals surface area (Å²) in [4.78, 5) is 25.0. The van der Waals surface area contributed by atoms with Crippen molar-refractivity contribution in [2.24, 2.45) is 11.1 Å². The maximum atomic E-state index is 12.6. The van der Waals surface area contributed by atoms with E-state index in [1.165, 1.54) is 17.7 Å². The van der Waals surface area contributed by atoms with Gasteiger partial charge in [0.2, 0.25) is 21.8 Å². The van der Waals surface area contributed by atoms with Gasteiger partial charge in [-0.05, 0) is 36.6 Å². The Bertz CT molecular complexity index is 1030. The lowest BCUT2D eigenvalue weighted by Gasteiger charge is -2.35. The molecular formula is C22H28N4O4S2. The van der Waals surface area contributed by atoms with Crippen molar-refractivity contribution in [1.29, 1.82) is 0 Å². The molecule has 1 saturated heterocycles. The molecule has 5 N–H and O–H groups in total. The zero-order valence-electron chi connectivity index (χ0n) is 17.8. The van der Waals surface area contributed by atoms with Gasteiger partial charge < -0.3 is 10.6 Å². The maximum absolute atomic E-state index is 12.6. The second-order valence-electron chi connectivity index (χ2n) is 7.74. The van der Waals surface area contributed by atoms with Crippen LogP contribution in [0.25, 0.3) is 0 Å². The van der Waals surface area contributed by atoms with Crippen LogP contribution in [0.5, 0.6) is 0 Å². The Labute approximate surface area is 192 Å². The number of sulfonamides is 1. The molecule has 0 bridgehead atoms. The molecule has 0 saturated carbocycles. The van der Waals surface area contributed by atoms with Crippen LogP contribution < -0.4 is 21.1 Å². The number of hydrogen-bond acceptors (Lipinski definition) is 6. The van der Waals surface area contributed by atoms with Crippen LogP contribution >= 0.6 is 11.8 Å². The molecule has 2 aromatic carbocycles. The van der Waals surface area contributed by atoms with E-state index in [0.29, 0.717) is 13.0 Å². The fourth-order valence-corrected chi connectivity index (χ4v) is 5.01. The topological polar surface area (TPSA) is 130 Å². The van der Waals surface area contributed by atoms with Crippen LogP contribution in [0, 0.1) is 5.92 Å². The maximum Gasteiger partial charge on any atom is 0.238 e. The van der Waals surface area contributed by atoms with Gasteiger partial charge in [-0.2, -0.15) is 0 Å². The number of thioether (sulfide) groups is 1. The van der Waals surface area contributed by atoms with E-state index in [1.54, 1.807) is 23.9 Å². The summed E-state index contributed by atoms with van der Waals surface area (Å²) in [7, 11) is -3.72. The SMILES string of the molecule is CC1NC(SCc2ccccc2)NC(=O)C1CC(=O)NCCc1ccc(S(N)(=O)=O)cc1. The highest BCUT2D eigenvalue weighted by Gasteiger charge is 2.34. The first-order valence-corrected chi connectivity index (χ1v) is 12.9. The number of amides is 2. The highest BCUT2D eigenvalue weighted by Crippen LogP contribution is 2.21. The number of hydrogen-bond donors (Lipinski definition) is 4. The van der Waals surface area contributed by atoms with Gasteiger partial charge in [0.25, 0.3) is 0 Å². The predicted octanol–water partition coefficient (Wildman–Crippen LogP) is 1.32. The van der Waals surface area contributed by atoms with Gasteiger partial charge in [-0.25, -0.2) is 13.6 Å². The number of rotatable bonds is 9. The molecule has 3 unspecified atom stereocenters. The van der Waals surface area contributed by atoms with Crippen LogP contribution in [0.2, 0.25) is 0 Å². The lowest BCUT2D eigenvalue weighted by Crippen LogP contribution is -2.59. The molecule has 0 aromatic heterocycles. The average Bonchev–Trinajstić information content (AvgIpc) is 2.75. The highest BCUT2D eigenvalue weighted by molar-refractivity contribution is 7.99. The zero-order chi connectivity index (χ0) is 23.1. The van der Waals surface area contributed by atoms with Gasteiger partial charge in [-0.3, -0.25) is 14.9 Å². The highest BCUT2D eigenvalue weighted by atomic mass is 32.2. The van der Waals surface area contributed by atoms with Gasteiger partial charge in [0.1, 0.15) is 5.50 Å². The molecular weight excluding hydrogens is 448 g/mol. The fraction of sp³-hybridized carbons (Fsp3) is 0.364. The van der Waals surface area contributed by atoms with Gasteiger partial charge in [-0.1, -0.05) is 42.5 Å².